The zero-order chi connectivity index (χ0) is 15.2. The van der Waals surface area contributed by atoms with Crippen molar-refractivity contribution in [2.24, 2.45) is 5.73 Å². The Morgan fingerprint density at radius 1 is 1.19 bits per heavy atom. The van der Waals surface area contributed by atoms with Crippen molar-refractivity contribution in [3.8, 4) is 0 Å². The molecule has 108 valence electrons. The van der Waals surface area contributed by atoms with Crippen molar-refractivity contribution in [3.05, 3.63) is 71.3 Å². The van der Waals surface area contributed by atoms with E-state index in [-0.39, 0.29) is 11.9 Å². The standard InChI is InChI=1S/C17H18N2OS/c1-12(14-7-3-2-4-8-14)19-17(20)15-9-5-6-13(10-15)11-16(18)21/h2-10,12H,11H2,1H3,(H2,18,21)(H,19,20). The van der Waals surface area contributed by atoms with Crippen LogP contribution in [-0.2, 0) is 6.42 Å². The first-order chi connectivity index (χ1) is 10.1. The molecule has 2 aromatic rings. The number of carbonyl (C=O) groups is 1. The number of hydrogen-bond acceptors (Lipinski definition) is 2. The Morgan fingerprint density at radius 3 is 2.57 bits per heavy atom. The third-order valence-electron chi connectivity index (χ3n) is 3.21. The maximum absolute atomic E-state index is 12.3. The van der Waals surface area contributed by atoms with Gasteiger partial charge in [0, 0.05) is 12.0 Å². The lowest BCUT2D eigenvalue weighted by atomic mass is 10.1. The van der Waals surface area contributed by atoms with Crippen molar-refractivity contribution in [2.45, 2.75) is 19.4 Å². The van der Waals surface area contributed by atoms with E-state index in [2.05, 4.69) is 5.32 Å². The molecule has 0 radical (unpaired) electrons. The zero-order valence-corrected chi connectivity index (χ0v) is 12.7. The van der Waals surface area contributed by atoms with Crippen molar-refractivity contribution < 1.29 is 4.79 Å². The molecule has 0 spiro atoms. The largest absolute Gasteiger partial charge is 0.393 e. The van der Waals surface area contributed by atoms with Crippen LogP contribution in [0.5, 0.6) is 0 Å². The van der Waals surface area contributed by atoms with Gasteiger partial charge in [-0.2, -0.15) is 0 Å². The Labute approximate surface area is 130 Å². The van der Waals surface area contributed by atoms with Crippen LogP contribution in [0, 0.1) is 0 Å². The minimum atomic E-state index is -0.101. The number of rotatable bonds is 5. The van der Waals surface area contributed by atoms with Gasteiger partial charge in [0.25, 0.3) is 5.91 Å². The number of amides is 1. The first-order valence-electron chi connectivity index (χ1n) is 6.79. The second-order valence-corrected chi connectivity index (χ2v) is 5.47. The molecule has 0 saturated heterocycles. The molecule has 1 amide bonds. The highest BCUT2D eigenvalue weighted by molar-refractivity contribution is 7.80. The van der Waals surface area contributed by atoms with Crippen LogP contribution in [0.1, 0.15) is 34.5 Å². The SMILES string of the molecule is CC(NC(=O)c1cccc(CC(N)=S)c1)c1ccccc1. The number of nitrogens with one attached hydrogen (secondary N) is 1. The average Bonchev–Trinajstić information content (AvgIpc) is 2.47. The summed E-state index contributed by atoms with van der Waals surface area (Å²) in [6.07, 6.45) is 0.505. The van der Waals surface area contributed by atoms with Gasteiger partial charge in [0.1, 0.15) is 0 Å². The molecular weight excluding hydrogens is 280 g/mol. The number of benzene rings is 2. The zero-order valence-electron chi connectivity index (χ0n) is 11.9. The van der Waals surface area contributed by atoms with E-state index in [0.717, 1.165) is 11.1 Å². The van der Waals surface area contributed by atoms with E-state index >= 15 is 0 Å². The number of nitrogens with two attached hydrogens (primary N) is 1. The van der Waals surface area contributed by atoms with Crippen LogP contribution >= 0.6 is 12.2 Å². The van der Waals surface area contributed by atoms with Crippen LogP contribution in [-0.4, -0.2) is 10.9 Å². The Hall–Kier alpha value is -2.20. The van der Waals surface area contributed by atoms with E-state index in [1.807, 2.05) is 55.5 Å². The van der Waals surface area contributed by atoms with E-state index in [0.29, 0.717) is 17.0 Å². The molecule has 0 aliphatic heterocycles. The summed E-state index contributed by atoms with van der Waals surface area (Å²) in [6.45, 7) is 1.96. The number of carbonyl (C=O) groups excluding carboxylic acids is 1. The fraction of sp³-hybridized carbons (Fsp3) is 0.176. The lowest BCUT2D eigenvalue weighted by Gasteiger charge is -2.14. The molecule has 0 aromatic heterocycles. The monoisotopic (exact) mass is 298 g/mol. The second-order valence-electron chi connectivity index (χ2n) is 4.95. The van der Waals surface area contributed by atoms with Gasteiger partial charge in [-0.25, -0.2) is 0 Å². The van der Waals surface area contributed by atoms with Gasteiger partial charge in [-0.15, -0.1) is 0 Å². The van der Waals surface area contributed by atoms with Gasteiger partial charge in [-0.05, 0) is 30.2 Å². The van der Waals surface area contributed by atoms with Crippen molar-refractivity contribution in [1.29, 1.82) is 0 Å². The van der Waals surface area contributed by atoms with Gasteiger partial charge in [0.05, 0.1) is 11.0 Å². The van der Waals surface area contributed by atoms with E-state index in [1.54, 1.807) is 6.07 Å². The van der Waals surface area contributed by atoms with Gasteiger partial charge in [0.2, 0.25) is 0 Å². The minimum absolute atomic E-state index is 0.0436. The molecule has 0 heterocycles. The molecular formula is C17H18N2OS. The van der Waals surface area contributed by atoms with Gasteiger partial charge < -0.3 is 11.1 Å². The third kappa shape index (κ3) is 4.39. The first-order valence-corrected chi connectivity index (χ1v) is 7.20. The normalized spacial score (nSPS) is 11.7. The summed E-state index contributed by atoms with van der Waals surface area (Å²) in [5.74, 6) is -0.101. The quantitative estimate of drug-likeness (QED) is 0.834. The molecule has 21 heavy (non-hydrogen) atoms. The predicted octanol–water partition coefficient (Wildman–Crippen LogP) is 3.01. The fourth-order valence-electron chi connectivity index (χ4n) is 2.13. The van der Waals surface area contributed by atoms with Crippen LogP contribution in [0.3, 0.4) is 0 Å². The average molecular weight is 298 g/mol. The molecule has 1 atom stereocenters. The van der Waals surface area contributed by atoms with Crippen LogP contribution in [0.4, 0.5) is 0 Å². The van der Waals surface area contributed by atoms with E-state index in [1.165, 1.54) is 0 Å². The maximum Gasteiger partial charge on any atom is 0.251 e. The Kier molecular flexibility index (Phi) is 5.06. The number of hydrogen-bond donors (Lipinski definition) is 2. The van der Waals surface area contributed by atoms with Crippen LogP contribution in [0.15, 0.2) is 54.6 Å². The first kappa shape index (κ1) is 15.2. The van der Waals surface area contributed by atoms with E-state index in [9.17, 15) is 4.79 Å². The van der Waals surface area contributed by atoms with Crippen LogP contribution < -0.4 is 11.1 Å². The molecule has 0 saturated carbocycles. The van der Waals surface area contributed by atoms with E-state index in [4.69, 9.17) is 18.0 Å². The molecule has 2 rings (SSSR count). The highest BCUT2D eigenvalue weighted by atomic mass is 32.1. The summed E-state index contributed by atoms with van der Waals surface area (Å²) in [5.41, 5.74) is 8.18. The summed E-state index contributed by atoms with van der Waals surface area (Å²) in [4.78, 5) is 12.7. The predicted molar refractivity (Wildman–Crippen MR) is 89.3 cm³/mol. The molecule has 2 aromatic carbocycles. The molecule has 0 fully saturated rings. The van der Waals surface area contributed by atoms with Gasteiger partial charge in [0.15, 0.2) is 0 Å². The lowest BCUT2D eigenvalue weighted by molar-refractivity contribution is 0.0940. The van der Waals surface area contributed by atoms with Crippen molar-refractivity contribution in [3.63, 3.8) is 0 Å². The summed E-state index contributed by atoms with van der Waals surface area (Å²) < 4.78 is 0. The second kappa shape index (κ2) is 6.99. The third-order valence-corrected chi connectivity index (χ3v) is 3.36. The molecule has 0 aliphatic rings. The summed E-state index contributed by atoms with van der Waals surface area (Å²) in [6, 6.07) is 17.2. The highest BCUT2D eigenvalue weighted by Gasteiger charge is 2.11. The molecule has 0 aliphatic carbocycles. The Bertz CT molecular complexity index is 640. The van der Waals surface area contributed by atoms with Gasteiger partial charge in [-0.3, -0.25) is 4.79 Å². The molecule has 4 heteroatoms. The molecule has 0 bridgehead atoms. The molecule has 3 nitrogen and oxygen atoms in total. The van der Waals surface area contributed by atoms with Gasteiger partial charge in [-0.1, -0.05) is 54.7 Å². The minimum Gasteiger partial charge on any atom is -0.393 e. The van der Waals surface area contributed by atoms with Gasteiger partial charge >= 0.3 is 0 Å². The van der Waals surface area contributed by atoms with E-state index < -0.39 is 0 Å². The highest BCUT2D eigenvalue weighted by Crippen LogP contribution is 2.13. The van der Waals surface area contributed by atoms with Crippen molar-refractivity contribution in [2.75, 3.05) is 0 Å². The fourth-order valence-corrected chi connectivity index (χ4v) is 2.30. The van der Waals surface area contributed by atoms with Crippen molar-refractivity contribution in [1.82, 2.24) is 5.32 Å². The lowest BCUT2D eigenvalue weighted by Crippen LogP contribution is -2.26. The number of thiocarbonyl (C=S) groups is 1. The topological polar surface area (TPSA) is 55.1 Å². The van der Waals surface area contributed by atoms with Crippen LogP contribution in [0.2, 0.25) is 0 Å². The summed E-state index contributed by atoms with van der Waals surface area (Å²) in [5, 5.41) is 2.99. The molecule has 3 N–H and O–H groups in total. The molecule has 1 unspecified atom stereocenters. The van der Waals surface area contributed by atoms with Crippen molar-refractivity contribution >= 4 is 23.1 Å². The Balaban J connectivity index is 2.08. The maximum atomic E-state index is 12.3. The summed E-state index contributed by atoms with van der Waals surface area (Å²) >= 11 is 4.90. The summed E-state index contributed by atoms with van der Waals surface area (Å²) in [7, 11) is 0. The smallest absolute Gasteiger partial charge is 0.251 e. The Morgan fingerprint density at radius 2 is 1.90 bits per heavy atom. The van der Waals surface area contributed by atoms with Crippen LogP contribution in [0.25, 0.3) is 0 Å².